The van der Waals surface area contributed by atoms with Gasteiger partial charge in [0.1, 0.15) is 0 Å². The van der Waals surface area contributed by atoms with Crippen molar-refractivity contribution in [3.8, 4) is 0 Å². The lowest BCUT2D eigenvalue weighted by Crippen LogP contribution is -2.26. The minimum Gasteiger partial charge on any atom is -0.385 e. The monoisotopic (exact) mass is 315 g/mol. The largest absolute Gasteiger partial charge is 0.385 e. The third-order valence-electron chi connectivity index (χ3n) is 3.05. The number of methoxy groups -OCH3 is 1. The number of carbonyl (C=O) groups excluding carboxylic acids is 1. The van der Waals surface area contributed by atoms with Crippen LogP contribution in [0.2, 0.25) is 0 Å². The molecule has 1 aliphatic rings. The summed E-state index contributed by atoms with van der Waals surface area (Å²) < 4.78 is 7.73. The van der Waals surface area contributed by atoms with Gasteiger partial charge in [-0.15, -0.1) is 0 Å². The Morgan fingerprint density at radius 2 is 2.39 bits per heavy atom. The van der Waals surface area contributed by atoms with E-state index in [1.165, 1.54) is 6.42 Å². The summed E-state index contributed by atoms with van der Waals surface area (Å²) in [5, 5.41) is 7.23. The van der Waals surface area contributed by atoms with Crippen molar-refractivity contribution in [2.75, 3.05) is 20.3 Å². The molecule has 1 aromatic heterocycles. The number of halogens is 1. The lowest BCUT2D eigenvalue weighted by Gasteiger charge is -2.12. The van der Waals surface area contributed by atoms with Gasteiger partial charge in [-0.3, -0.25) is 9.48 Å². The zero-order valence-corrected chi connectivity index (χ0v) is 12.1. The molecule has 2 heterocycles. The highest BCUT2D eigenvalue weighted by Crippen LogP contribution is 2.26. The molecule has 0 unspecified atom stereocenters. The second-order valence-electron chi connectivity index (χ2n) is 4.39. The van der Waals surface area contributed by atoms with Crippen LogP contribution in [0.25, 0.3) is 0 Å². The maximum Gasteiger partial charge on any atom is 0.272 e. The molecule has 2 rings (SSSR count). The van der Waals surface area contributed by atoms with Crippen LogP contribution in [0.1, 0.15) is 35.4 Å². The Morgan fingerprint density at radius 3 is 3.11 bits per heavy atom. The summed E-state index contributed by atoms with van der Waals surface area (Å²) in [4.78, 5) is 12.0. The smallest absolute Gasteiger partial charge is 0.272 e. The molecule has 0 radical (unpaired) electrons. The Kier molecular flexibility index (Phi) is 4.77. The molecule has 0 spiro atoms. The number of fused-ring (bicyclic) bond motifs is 1. The number of ether oxygens (including phenoxy) is 1. The average Bonchev–Trinajstić information content (AvgIpc) is 2.73. The molecule has 1 N–H and O–H groups in total. The topological polar surface area (TPSA) is 56.1 Å². The van der Waals surface area contributed by atoms with Gasteiger partial charge >= 0.3 is 0 Å². The van der Waals surface area contributed by atoms with Gasteiger partial charge in [-0.2, -0.15) is 5.10 Å². The van der Waals surface area contributed by atoms with Gasteiger partial charge in [0, 0.05) is 26.8 Å². The van der Waals surface area contributed by atoms with Crippen LogP contribution in [0.3, 0.4) is 0 Å². The van der Waals surface area contributed by atoms with Gasteiger partial charge in [-0.25, -0.2) is 0 Å². The van der Waals surface area contributed by atoms with Crippen LogP contribution < -0.4 is 5.32 Å². The molecular weight excluding hydrogens is 298 g/mol. The van der Waals surface area contributed by atoms with Crippen LogP contribution in [0.4, 0.5) is 0 Å². The number of hydrogen-bond donors (Lipinski definition) is 1. The molecule has 0 bridgehead atoms. The molecule has 0 aromatic carbocycles. The minimum absolute atomic E-state index is 0.111. The number of amides is 1. The van der Waals surface area contributed by atoms with Gasteiger partial charge in [0.25, 0.3) is 5.91 Å². The van der Waals surface area contributed by atoms with Crippen molar-refractivity contribution >= 4 is 21.8 Å². The van der Waals surface area contributed by atoms with Gasteiger partial charge in [-0.05, 0) is 41.6 Å². The number of carbonyl (C=O) groups is 1. The second kappa shape index (κ2) is 6.33. The predicted molar refractivity (Wildman–Crippen MR) is 71.7 cm³/mol. The van der Waals surface area contributed by atoms with E-state index >= 15 is 0 Å². The summed E-state index contributed by atoms with van der Waals surface area (Å²) in [7, 11) is 1.65. The maximum atomic E-state index is 12.0. The van der Waals surface area contributed by atoms with E-state index in [1.54, 1.807) is 7.11 Å². The van der Waals surface area contributed by atoms with E-state index in [0.717, 1.165) is 36.0 Å². The molecule has 0 saturated carbocycles. The van der Waals surface area contributed by atoms with Crippen molar-refractivity contribution < 1.29 is 9.53 Å². The molecule has 0 saturated heterocycles. The van der Waals surface area contributed by atoms with Gasteiger partial charge in [0.15, 0.2) is 5.69 Å². The maximum absolute atomic E-state index is 12.0. The van der Waals surface area contributed by atoms with E-state index in [4.69, 9.17) is 4.74 Å². The Balaban J connectivity index is 2.00. The normalized spacial score (nSPS) is 14.3. The molecule has 0 fully saturated rings. The number of hydrogen-bond acceptors (Lipinski definition) is 3. The van der Waals surface area contributed by atoms with Crippen LogP contribution in [0, 0.1) is 0 Å². The van der Waals surface area contributed by atoms with Crippen molar-refractivity contribution in [2.45, 2.75) is 32.2 Å². The van der Waals surface area contributed by atoms with Crippen molar-refractivity contribution in [3.05, 3.63) is 15.9 Å². The van der Waals surface area contributed by atoms with Crippen molar-refractivity contribution in [1.29, 1.82) is 0 Å². The first-order valence-electron chi connectivity index (χ1n) is 6.26. The summed E-state index contributed by atoms with van der Waals surface area (Å²) in [6.45, 7) is 2.17. The highest BCUT2D eigenvalue weighted by Gasteiger charge is 2.22. The Hall–Kier alpha value is -0.880. The van der Waals surface area contributed by atoms with Crippen LogP contribution in [0.15, 0.2) is 4.47 Å². The van der Waals surface area contributed by atoms with Gasteiger partial charge < -0.3 is 10.1 Å². The fourth-order valence-electron chi connectivity index (χ4n) is 2.10. The molecule has 18 heavy (non-hydrogen) atoms. The molecule has 6 heteroatoms. The first-order chi connectivity index (χ1) is 8.74. The molecule has 0 atom stereocenters. The van der Waals surface area contributed by atoms with Crippen LogP contribution in [-0.2, 0) is 17.7 Å². The highest BCUT2D eigenvalue weighted by atomic mass is 79.9. The average molecular weight is 316 g/mol. The third kappa shape index (κ3) is 2.92. The summed E-state index contributed by atoms with van der Waals surface area (Å²) in [5.41, 5.74) is 1.65. The molecule has 1 aromatic rings. The highest BCUT2D eigenvalue weighted by molar-refractivity contribution is 9.10. The second-order valence-corrected chi connectivity index (χ2v) is 5.18. The van der Waals surface area contributed by atoms with Gasteiger partial charge in [0.2, 0.25) is 0 Å². The number of aryl methyl sites for hydroxylation is 1. The van der Waals surface area contributed by atoms with Crippen LogP contribution in [0.5, 0.6) is 0 Å². The first-order valence-corrected chi connectivity index (χ1v) is 7.05. The zero-order chi connectivity index (χ0) is 13.0. The first kappa shape index (κ1) is 13.5. The van der Waals surface area contributed by atoms with Crippen molar-refractivity contribution in [3.63, 3.8) is 0 Å². The number of nitrogens with one attached hydrogen (secondary N) is 1. The Bertz CT molecular complexity index is 431. The fourth-order valence-corrected chi connectivity index (χ4v) is 2.76. The standard InChI is InChI=1S/C12H18BrN3O2/c1-18-8-4-6-14-12(17)11-10(13)9-5-2-3-7-16(9)15-11/h2-8H2,1H3,(H,14,17). The van der Waals surface area contributed by atoms with Crippen molar-refractivity contribution in [2.24, 2.45) is 0 Å². The number of aromatic nitrogens is 2. The van der Waals surface area contributed by atoms with Gasteiger partial charge in [0.05, 0.1) is 10.2 Å². The quantitative estimate of drug-likeness (QED) is 0.842. The molecular formula is C12H18BrN3O2. The van der Waals surface area contributed by atoms with E-state index in [-0.39, 0.29) is 5.91 Å². The molecule has 1 amide bonds. The molecule has 5 nitrogen and oxygen atoms in total. The number of nitrogens with zero attached hydrogens (tertiary/aromatic N) is 2. The lowest BCUT2D eigenvalue weighted by atomic mass is 10.1. The summed E-state index contributed by atoms with van der Waals surface area (Å²) in [6, 6.07) is 0. The SMILES string of the molecule is COCCCNC(=O)c1nn2c(c1Br)CCCC2. The van der Waals surface area contributed by atoms with E-state index < -0.39 is 0 Å². The minimum atomic E-state index is -0.111. The lowest BCUT2D eigenvalue weighted by molar-refractivity contribution is 0.0942. The number of rotatable bonds is 5. The van der Waals surface area contributed by atoms with E-state index in [9.17, 15) is 4.79 Å². The Morgan fingerprint density at radius 1 is 1.56 bits per heavy atom. The van der Waals surface area contributed by atoms with Gasteiger partial charge in [-0.1, -0.05) is 0 Å². The predicted octanol–water partition coefficient (Wildman–Crippen LogP) is 1.75. The summed E-state index contributed by atoms with van der Waals surface area (Å²) in [6.07, 6.45) is 4.10. The molecule has 1 aliphatic heterocycles. The summed E-state index contributed by atoms with van der Waals surface area (Å²) >= 11 is 3.49. The molecule has 0 aliphatic carbocycles. The zero-order valence-electron chi connectivity index (χ0n) is 10.5. The van der Waals surface area contributed by atoms with E-state index in [0.29, 0.717) is 18.8 Å². The van der Waals surface area contributed by atoms with E-state index in [1.807, 2.05) is 4.68 Å². The van der Waals surface area contributed by atoms with Crippen LogP contribution >= 0.6 is 15.9 Å². The molecule has 100 valence electrons. The van der Waals surface area contributed by atoms with E-state index in [2.05, 4.69) is 26.3 Å². The summed E-state index contributed by atoms with van der Waals surface area (Å²) in [5.74, 6) is -0.111. The van der Waals surface area contributed by atoms with Crippen LogP contribution in [-0.4, -0.2) is 35.9 Å². The van der Waals surface area contributed by atoms with Crippen molar-refractivity contribution in [1.82, 2.24) is 15.1 Å². The fraction of sp³-hybridized carbons (Fsp3) is 0.667. The Labute approximate surface area is 115 Å². The third-order valence-corrected chi connectivity index (χ3v) is 3.89.